The van der Waals surface area contributed by atoms with Gasteiger partial charge in [0.2, 0.25) is 0 Å². The van der Waals surface area contributed by atoms with Gasteiger partial charge in [0.1, 0.15) is 0 Å². The Balaban J connectivity index is -0.0000000417. The largest absolute Gasteiger partial charge is 2.00 e. The van der Waals surface area contributed by atoms with Crippen LogP contribution >= 0.6 is 0 Å². The van der Waals surface area contributed by atoms with Crippen LogP contribution in [0.15, 0.2) is 12.2 Å². The minimum atomic E-state index is -0.935. The van der Waals surface area contributed by atoms with E-state index in [2.05, 4.69) is 6.58 Å². The maximum absolute atomic E-state index is 9.60. The van der Waals surface area contributed by atoms with Gasteiger partial charge < -0.3 is 16.1 Å². The van der Waals surface area contributed by atoms with Gasteiger partial charge in [0.05, 0.1) is 0 Å². The van der Waals surface area contributed by atoms with Gasteiger partial charge in [0.25, 0.3) is 0 Å². The van der Waals surface area contributed by atoms with Crippen molar-refractivity contribution in [1.82, 2.24) is 0 Å². The van der Waals surface area contributed by atoms with Crippen LogP contribution in [0, 0.1) is 0 Å². The molecular weight excluding hydrogens is 164 g/mol. The summed E-state index contributed by atoms with van der Waals surface area (Å²) in [5.41, 5.74) is 0.176. The van der Waals surface area contributed by atoms with Crippen molar-refractivity contribution in [2.75, 3.05) is 0 Å². The number of aliphatic carboxylic acids is 1. The molecule has 0 aliphatic carbocycles. The van der Waals surface area contributed by atoms with E-state index in [4.69, 9.17) is 5.11 Å². The van der Waals surface area contributed by atoms with Gasteiger partial charge in [0, 0.05) is 5.57 Å². The molecule has 3 N–H and O–H groups in total. The first-order valence-corrected chi connectivity index (χ1v) is 1.53. The van der Waals surface area contributed by atoms with E-state index in [1.54, 1.807) is 0 Å². The molecule has 4 nitrogen and oxygen atoms in total. The molecule has 0 heterocycles. The Bertz CT molecular complexity index is 78.6. The van der Waals surface area contributed by atoms with E-state index in [0.29, 0.717) is 0 Å². The van der Waals surface area contributed by atoms with Crippen molar-refractivity contribution >= 4 is 5.97 Å². The Morgan fingerprint density at radius 2 is 1.56 bits per heavy atom. The Morgan fingerprint density at radius 3 is 1.56 bits per heavy atom. The molecule has 0 saturated carbocycles. The van der Waals surface area contributed by atoms with E-state index in [1.807, 2.05) is 0 Å². The standard InChI is InChI=1S/C4H6O2.Cr.2H2O/c1-3(2)4(5)6;;;/h1H2,2H3,(H,5,6);;2*1H2/q;+2;;/p-2. The van der Waals surface area contributed by atoms with E-state index in [9.17, 15) is 4.79 Å². The summed E-state index contributed by atoms with van der Waals surface area (Å²) in [7, 11) is 0. The fourth-order valence-corrected chi connectivity index (χ4v) is 0. The van der Waals surface area contributed by atoms with Crippen molar-refractivity contribution in [3.05, 3.63) is 12.2 Å². The zero-order valence-electron chi connectivity index (χ0n) is 4.87. The molecule has 0 aromatic rings. The fraction of sp³-hybridized carbons (Fsp3) is 0.250. The van der Waals surface area contributed by atoms with Crippen molar-refractivity contribution in [1.29, 1.82) is 0 Å². The number of carbonyl (C=O) groups is 1. The molecule has 0 bridgehead atoms. The van der Waals surface area contributed by atoms with E-state index in [0.717, 1.165) is 0 Å². The van der Waals surface area contributed by atoms with Gasteiger partial charge in [-0.25, -0.2) is 4.79 Å². The molecule has 0 amide bonds. The predicted octanol–water partition coefficient (Wildman–Crippen LogP) is 0.291. The van der Waals surface area contributed by atoms with Crippen molar-refractivity contribution < 1.29 is 38.2 Å². The second kappa shape index (κ2) is 10.6. The summed E-state index contributed by atoms with van der Waals surface area (Å²) in [6.07, 6.45) is 0. The molecule has 5 heteroatoms. The van der Waals surface area contributed by atoms with Crippen LogP contribution in [0.2, 0.25) is 0 Å². The third-order valence-corrected chi connectivity index (χ3v) is 0.365. The summed E-state index contributed by atoms with van der Waals surface area (Å²) in [6, 6.07) is 0. The average Bonchev–Trinajstić information content (AvgIpc) is 1.36. The molecule has 0 aromatic carbocycles. The molecule has 54 valence electrons. The Morgan fingerprint density at radius 1 is 1.44 bits per heavy atom. The van der Waals surface area contributed by atoms with Gasteiger partial charge in [-0.2, -0.15) is 0 Å². The van der Waals surface area contributed by atoms with Gasteiger partial charge >= 0.3 is 23.3 Å². The molecular formula is C4H8CrO4. The monoisotopic (exact) mass is 172 g/mol. The molecule has 0 aliphatic heterocycles. The third kappa shape index (κ3) is 18.3. The number of rotatable bonds is 1. The summed E-state index contributed by atoms with van der Waals surface area (Å²) < 4.78 is 0. The normalized spacial score (nSPS) is 5.00. The van der Waals surface area contributed by atoms with Crippen LogP contribution in [0.1, 0.15) is 6.92 Å². The van der Waals surface area contributed by atoms with Crippen molar-refractivity contribution in [2.45, 2.75) is 6.92 Å². The Hall–Kier alpha value is -0.338. The molecule has 0 unspecified atom stereocenters. The maximum Gasteiger partial charge on any atom is 2.00 e. The number of carboxylic acid groups (broad SMARTS) is 1. The van der Waals surface area contributed by atoms with Gasteiger partial charge in [-0.3, -0.25) is 0 Å². The SMILES string of the molecule is C=C(C)C(=O)O.[Cr+2].[OH-].[OH-]. The Labute approximate surface area is 63.9 Å². The fourth-order valence-electron chi connectivity index (χ4n) is 0. The van der Waals surface area contributed by atoms with Gasteiger partial charge in [-0.05, 0) is 6.92 Å². The average molecular weight is 172 g/mol. The van der Waals surface area contributed by atoms with Crippen LogP contribution in [-0.2, 0) is 22.2 Å². The van der Waals surface area contributed by atoms with Crippen molar-refractivity contribution in [2.24, 2.45) is 0 Å². The van der Waals surface area contributed by atoms with Gasteiger partial charge in [-0.15, -0.1) is 0 Å². The maximum atomic E-state index is 9.60. The quantitative estimate of drug-likeness (QED) is 0.574. The second-order valence-electron chi connectivity index (χ2n) is 1.09. The summed E-state index contributed by atoms with van der Waals surface area (Å²) in [5.74, 6) is -0.935. The van der Waals surface area contributed by atoms with Crippen LogP contribution in [0.3, 0.4) is 0 Å². The molecule has 0 rings (SSSR count). The van der Waals surface area contributed by atoms with E-state index in [-0.39, 0.29) is 33.9 Å². The number of hydrogen-bond acceptors (Lipinski definition) is 3. The number of carboxylic acids is 1. The Kier molecular flexibility index (Phi) is 27.6. The molecule has 0 spiro atoms. The summed E-state index contributed by atoms with van der Waals surface area (Å²) in [4.78, 5) is 9.60. The summed E-state index contributed by atoms with van der Waals surface area (Å²) >= 11 is 0. The van der Waals surface area contributed by atoms with Crippen LogP contribution in [0.4, 0.5) is 0 Å². The zero-order valence-corrected chi connectivity index (χ0v) is 6.14. The molecule has 0 fully saturated rings. The summed E-state index contributed by atoms with van der Waals surface area (Å²) in [6.45, 7) is 4.60. The molecule has 0 radical (unpaired) electrons. The van der Waals surface area contributed by atoms with Crippen LogP contribution < -0.4 is 0 Å². The van der Waals surface area contributed by atoms with Crippen molar-refractivity contribution in [3.8, 4) is 0 Å². The van der Waals surface area contributed by atoms with Crippen LogP contribution in [0.5, 0.6) is 0 Å². The minimum Gasteiger partial charge on any atom is -0.870 e. The molecule has 9 heavy (non-hydrogen) atoms. The van der Waals surface area contributed by atoms with Crippen molar-refractivity contribution in [3.63, 3.8) is 0 Å². The first-order chi connectivity index (χ1) is 2.64. The topological polar surface area (TPSA) is 97.3 Å². The predicted molar refractivity (Wildman–Crippen MR) is 26.3 cm³/mol. The van der Waals surface area contributed by atoms with Crippen LogP contribution in [-0.4, -0.2) is 22.0 Å². The minimum absolute atomic E-state index is 0. The van der Waals surface area contributed by atoms with E-state index < -0.39 is 5.97 Å². The van der Waals surface area contributed by atoms with E-state index in [1.165, 1.54) is 6.92 Å². The molecule has 0 atom stereocenters. The van der Waals surface area contributed by atoms with Gasteiger partial charge in [-0.1, -0.05) is 6.58 Å². The summed E-state index contributed by atoms with van der Waals surface area (Å²) in [5, 5.41) is 7.89. The second-order valence-corrected chi connectivity index (χ2v) is 1.09. The van der Waals surface area contributed by atoms with E-state index >= 15 is 0 Å². The number of hydrogen-bond donors (Lipinski definition) is 1. The first-order valence-electron chi connectivity index (χ1n) is 1.53. The zero-order chi connectivity index (χ0) is 5.15. The smallest absolute Gasteiger partial charge is 0.870 e. The molecule has 0 saturated heterocycles. The molecule has 0 aliphatic rings. The van der Waals surface area contributed by atoms with Crippen LogP contribution in [0.25, 0.3) is 0 Å². The molecule has 0 aromatic heterocycles. The third-order valence-electron chi connectivity index (χ3n) is 0.365. The first kappa shape index (κ1) is 23.4. The van der Waals surface area contributed by atoms with Gasteiger partial charge in [0.15, 0.2) is 0 Å².